The van der Waals surface area contributed by atoms with E-state index in [9.17, 15) is 0 Å². The van der Waals surface area contributed by atoms with Crippen LogP contribution in [0.4, 0.5) is 11.6 Å². The molecule has 0 bridgehead atoms. The van der Waals surface area contributed by atoms with Gasteiger partial charge in [0.1, 0.15) is 0 Å². The molecule has 0 unspecified atom stereocenters. The molecule has 0 radical (unpaired) electrons. The van der Waals surface area contributed by atoms with Gasteiger partial charge in [0.05, 0.1) is 22.9 Å². The van der Waals surface area contributed by atoms with Crippen molar-refractivity contribution in [1.82, 2.24) is 19.7 Å². The van der Waals surface area contributed by atoms with Crippen LogP contribution in [0.25, 0.3) is 11.0 Å². The number of nitrogens with one attached hydrogen (secondary N) is 2. The van der Waals surface area contributed by atoms with Gasteiger partial charge in [0.25, 0.3) is 0 Å². The average molecular weight is 241 g/mol. The van der Waals surface area contributed by atoms with Crippen LogP contribution < -0.4 is 5.32 Å². The van der Waals surface area contributed by atoms with Gasteiger partial charge in [-0.1, -0.05) is 12.1 Å². The van der Waals surface area contributed by atoms with Gasteiger partial charge in [-0.05, 0) is 26.0 Å². The largest absolute Gasteiger partial charge is 0.324 e. The lowest BCUT2D eigenvalue weighted by molar-refractivity contribution is 0.532. The summed E-state index contributed by atoms with van der Waals surface area (Å²) >= 11 is 0. The number of imidazole rings is 1. The lowest BCUT2D eigenvalue weighted by Crippen LogP contribution is -2.00. The van der Waals surface area contributed by atoms with Crippen molar-refractivity contribution < 1.29 is 0 Å². The Kier molecular flexibility index (Phi) is 2.51. The van der Waals surface area contributed by atoms with Crippen molar-refractivity contribution in [3.63, 3.8) is 0 Å². The maximum absolute atomic E-state index is 4.46. The van der Waals surface area contributed by atoms with Crippen LogP contribution >= 0.6 is 0 Å². The molecule has 0 aliphatic heterocycles. The number of rotatable bonds is 3. The summed E-state index contributed by atoms with van der Waals surface area (Å²) in [6.07, 6.45) is 3.77. The van der Waals surface area contributed by atoms with E-state index in [2.05, 4.69) is 34.2 Å². The molecule has 0 saturated heterocycles. The molecule has 0 aliphatic rings. The van der Waals surface area contributed by atoms with Crippen LogP contribution in [0.1, 0.15) is 19.9 Å². The molecule has 1 aromatic carbocycles. The summed E-state index contributed by atoms with van der Waals surface area (Å²) in [7, 11) is 0. The van der Waals surface area contributed by atoms with Crippen molar-refractivity contribution in [2.45, 2.75) is 19.9 Å². The summed E-state index contributed by atoms with van der Waals surface area (Å²) < 4.78 is 1.91. The number of aromatic amines is 1. The van der Waals surface area contributed by atoms with Crippen LogP contribution in [0.2, 0.25) is 0 Å². The van der Waals surface area contributed by atoms with E-state index in [0.717, 1.165) is 22.7 Å². The Hall–Kier alpha value is -2.30. The number of aromatic nitrogens is 4. The highest BCUT2D eigenvalue weighted by atomic mass is 15.3. The molecule has 3 aromatic rings. The number of hydrogen-bond acceptors (Lipinski definition) is 3. The summed E-state index contributed by atoms with van der Waals surface area (Å²) in [5.41, 5.74) is 2.91. The zero-order valence-corrected chi connectivity index (χ0v) is 10.4. The predicted molar refractivity (Wildman–Crippen MR) is 72.0 cm³/mol. The average Bonchev–Trinajstić information content (AvgIpc) is 2.94. The maximum atomic E-state index is 4.46. The zero-order chi connectivity index (χ0) is 12.5. The second-order valence-electron chi connectivity index (χ2n) is 4.53. The quantitative estimate of drug-likeness (QED) is 0.740. The van der Waals surface area contributed by atoms with Gasteiger partial charge >= 0.3 is 0 Å². The van der Waals surface area contributed by atoms with Gasteiger partial charge in [0.15, 0.2) is 0 Å². The molecule has 18 heavy (non-hydrogen) atoms. The molecular weight excluding hydrogens is 226 g/mol. The standard InChI is InChI=1S/C13H15N5/c1-9(2)18-8-10(7-14-18)15-13-16-11-5-3-4-6-12(11)17-13/h3-9H,1-2H3,(H2,15,16,17). The van der Waals surface area contributed by atoms with Crippen molar-refractivity contribution >= 4 is 22.7 Å². The van der Waals surface area contributed by atoms with Gasteiger partial charge in [0.2, 0.25) is 5.95 Å². The monoisotopic (exact) mass is 241 g/mol. The number of H-pyrrole nitrogens is 1. The Balaban J connectivity index is 1.86. The van der Waals surface area contributed by atoms with Crippen LogP contribution in [0.3, 0.4) is 0 Å². The highest BCUT2D eigenvalue weighted by Gasteiger charge is 2.05. The molecule has 92 valence electrons. The van der Waals surface area contributed by atoms with Gasteiger partial charge < -0.3 is 10.3 Å². The Morgan fingerprint density at radius 3 is 2.83 bits per heavy atom. The molecule has 3 rings (SSSR count). The number of hydrogen-bond donors (Lipinski definition) is 2. The van der Waals surface area contributed by atoms with Gasteiger partial charge in [-0.3, -0.25) is 4.68 Å². The van der Waals surface area contributed by atoms with E-state index >= 15 is 0 Å². The van der Waals surface area contributed by atoms with Gasteiger partial charge in [-0.25, -0.2) is 4.98 Å². The lowest BCUT2D eigenvalue weighted by Gasteiger charge is -2.03. The van der Waals surface area contributed by atoms with Crippen LogP contribution in [0.5, 0.6) is 0 Å². The first kappa shape index (κ1) is 10.8. The number of benzene rings is 1. The van der Waals surface area contributed by atoms with E-state index in [0.29, 0.717) is 6.04 Å². The molecule has 0 aliphatic carbocycles. The van der Waals surface area contributed by atoms with Gasteiger partial charge in [-0.15, -0.1) is 0 Å². The van der Waals surface area contributed by atoms with Crippen molar-refractivity contribution in [2.75, 3.05) is 5.32 Å². The van der Waals surface area contributed by atoms with Gasteiger partial charge in [-0.2, -0.15) is 5.10 Å². The molecular formula is C13H15N5. The van der Waals surface area contributed by atoms with E-state index in [-0.39, 0.29) is 0 Å². The molecule has 5 heteroatoms. The van der Waals surface area contributed by atoms with E-state index < -0.39 is 0 Å². The Morgan fingerprint density at radius 2 is 2.11 bits per heavy atom. The molecule has 0 amide bonds. The van der Waals surface area contributed by atoms with Crippen LogP contribution in [-0.2, 0) is 0 Å². The second kappa shape index (κ2) is 4.18. The number of anilines is 2. The third-order valence-corrected chi connectivity index (χ3v) is 2.78. The van der Waals surface area contributed by atoms with Crippen LogP contribution in [-0.4, -0.2) is 19.7 Å². The van der Waals surface area contributed by atoms with E-state index in [1.54, 1.807) is 6.20 Å². The highest BCUT2D eigenvalue weighted by Crippen LogP contribution is 2.18. The molecule has 0 saturated carbocycles. The first-order valence-electron chi connectivity index (χ1n) is 5.98. The highest BCUT2D eigenvalue weighted by molar-refractivity contribution is 5.78. The minimum atomic E-state index is 0.358. The first-order valence-corrected chi connectivity index (χ1v) is 5.98. The van der Waals surface area contributed by atoms with E-state index in [4.69, 9.17) is 0 Å². The molecule has 0 fully saturated rings. The zero-order valence-electron chi connectivity index (χ0n) is 10.4. The summed E-state index contributed by atoms with van der Waals surface area (Å²) in [4.78, 5) is 7.68. The molecule has 2 heterocycles. The van der Waals surface area contributed by atoms with Crippen molar-refractivity contribution in [3.8, 4) is 0 Å². The van der Waals surface area contributed by atoms with Crippen LogP contribution in [0.15, 0.2) is 36.7 Å². The molecule has 5 nitrogen and oxygen atoms in total. The molecule has 2 aromatic heterocycles. The van der Waals surface area contributed by atoms with Gasteiger partial charge in [0, 0.05) is 12.2 Å². The van der Waals surface area contributed by atoms with E-state index in [1.165, 1.54) is 0 Å². The molecule has 0 atom stereocenters. The first-order chi connectivity index (χ1) is 8.72. The minimum Gasteiger partial charge on any atom is -0.324 e. The summed E-state index contributed by atoms with van der Waals surface area (Å²) in [5, 5.41) is 7.50. The predicted octanol–water partition coefficient (Wildman–Crippen LogP) is 3.08. The fourth-order valence-electron chi connectivity index (χ4n) is 1.83. The SMILES string of the molecule is CC(C)n1cc(Nc2nc3ccccc3[nH]2)cn1. The maximum Gasteiger partial charge on any atom is 0.205 e. The molecule has 2 N–H and O–H groups in total. The minimum absolute atomic E-state index is 0.358. The van der Waals surface area contributed by atoms with Crippen molar-refractivity contribution in [2.24, 2.45) is 0 Å². The fourth-order valence-corrected chi connectivity index (χ4v) is 1.83. The number of nitrogens with zero attached hydrogens (tertiary/aromatic N) is 3. The smallest absolute Gasteiger partial charge is 0.205 e. The number of para-hydroxylation sites is 2. The Morgan fingerprint density at radius 1 is 1.28 bits per heavy atom. The Labute approximate surface area is 105 Å². The topological polar surface area (TPSA) is 58.5 Å². The Bertz CT molecular complexity index is 632. The summed E-state index contributed by atoms with van der Waals surface area (Å²) in [6.45, 7) is 4.19. The normalized spacial score (nSPS) is 11.3. The fraction of sp³-hybridized carbons (Fsp3) is 0.231. The third kappa shape index (κ3) is 1.95. The van der Waals surface area contributed by atoms with Crippen LogP contribution in [0, 0.1) is 0 Å². The van der Waals surface area contributed by atoms with E-state index in [1.807, 2.05) is 35.1 Å². The lowest BCUT2D eigenvalue weighted by atomic mass is 10.3. The second-order valence-corrected chi connectivity index (χ2v) is 4.53. The third-order valence-electron chi connectivity index (χ3n) is 2.78. The van der Waals surface area contributed by atoms with Crippen molar-refractivity contribution in [1.29, 1.82) is 0 Å². The summed E-state index contributed by atoms with van der Waals surface area (Å²) in [5.74, 6) is 0.736. The summed E-state index contributed by atoms with van der Waals surface area (Å²) in [6, 6.07) is 8.31. The number of fused-ring (bicyclic) bond motifs is 1. The van der Waals surface area contributed by atoms with Crippen molar-refractivity contribution in [3.05, 3.63) is 36.7 Å². The molecule has 0 spiro atoms.